The summed E-state index contributed by atoms with van der Waals surface area (Å²) in [6, 6.07) is 12.3. The monoisotopic (exact) mass is 412 g/mol. The van der Waals surface area contributed by atoms with Crippen molar-refractivity contribution in [3.05, 3.63) is 68.7 Å². The molecule has 26 heavy (non-hydrogen) atoms. The molecule has 0 atom stereocenters. The lowest BCUT2D eigenvalue weighted by molar-refractivity contribution is 0.0954. The Bertz CT molecular complexity index is 796. The van der Waals surface area contributed by atoms with Gasteiger partial charge in [-0.25, -0.2) is 0 Å². The Balaban J connectivity index is 1.75. The number of hydrogen-bond acceptors (Lipinski definition) is 2. The van der Waals surface area contributed by atoms with E-state index in [1.807, 2.05) is 6.07 Å². The molecule has 8 heteroatoms. The summed E-state index contributed by atoms with van der Waals surface area (Å²) in [4.78, 5) is 16.2. The first-order chi connectivity index (χ1) is 12.5. The molecule has 0 aromatic heterocycles. The number of carbonyl (C=O) groups is 1. The fraction of sp³-hybridized carbons (Fsp3) is 0.222. The average molecular weight is 414 g/mol. The minimum Gasteiger partial charge on any atom is -0.355 e. The van der Waals surface area contributed by atoms with Gasteiger partial charge in [0.15, 0.2) is 5.96 Å². The Morgan fingerprint density at radius 1 is 0.962 bits per heavy atom. The Labute approximate surface area is 167 Å². The van der Waals surface area contributed by atoms with Crippen LogP contribution in [0.3, 0.4) is 0 Å². The van der Waals surface area contributed by atoms with Crippen LogP contribution in [0, 0.1) is 0 Å². The van der Waals surface area contributed by atoms with E-state index in [1.165, 1.54) is 0 Å². The van der Waals surface area contributed by atoms with Crippen LogP contribution >= 0.6 is 34.8 Å². The van der Waals surface area contributed by atoms with E-state index in [0.29, 0.717) is 46.2 Å². The van der Waals surface area contributed by atoms with Gasteiger partial charge >= 0.3 is 0 Å². The fourth-order valence-corrected chi connectivity index (χ4v) is 2.86. The lowest BCUT2D eigenvalue weighted by Crippen LogP contribution is -2.41. The fourth-order valence-electron chi connectivity index (χ4n) is 2.16. The predicted molar refractivity (Wildman–Crippen MR) is 108 cm³/mol. The van der Waals surface area contributed by atoms with Crippen LogP contribution in [0.15, 0.2) is 47.5 Å². The number of aliphatic imine (C=N–C) groups is 1. The molecule has 0 spiro atoms. The van der Waals surface area contributed by atoms with Gasteiger partial charge in [0.05, 0.1) is 10.6 Å². The van der Waals surface area contributed by atoms with Crippen LogP contribution in [0.4, 0.5) is 0 Å². The molecule has 1 amide bonds. The van der Waals surface area contributed by atoms with Crippen molar-refractivity contribution in [3.63, 3.8) is 0 Å². The van der Waals surface area contributed by atoms with Crippen LogP contribution in [-0.2, 0) is 6.54 Å². The number of amides is 1. The molecule has 2 aromatic rings. The maximum Gasteiger partial charge on any atom is 0.252 e. The van der Waals surface area contributed by atoms with Gasteiger partial charge in [-0.15, -0.1) is 0 Å². The normalized spacial score (nSPS) is 11.2. The van der Waals surface area contributed by atoms with E-state index in [4.69, 9.17) is 34.8 Å². The number of carbonyl (C=O) groups excluding carboxylic acids is 1. The van der Waals surface area contributed by atoms with Crippen molar-refractivity contribution < 1.29 is 4.79 Å². The third kappa shape index (κ3) is 6.09. The third-order valence-corrected chi connectivity index (χ3v) is 4.42. The van der Waals surface area contributed by atoms with Crippen molar-refractivity contribution in [2.24, 2.45) is 4.99 Å². The molecule has 2 aromatic carbocycles. The lowest BCUT2D eigenvalue weighted by atomic mass is 10.2. The Morgan fingerprint density at radius 3 is 2.38 bits per heavy atom. The largest absolute Gasteiger partial charge is 0.355 e. The zero-order valence-electron chi connectivity index (χ0n) is 14.2. The summed E-state index contributed by atoms with van der Waals surface area (Å²) in [7, 11) is 1.67. The summed E-state index contributed by atoms with van der Waals surface area (Å²) < 4.78 is 0. The highest BCUT2D eigenvalue weighted by Gasteiger charge is 2.08. The summed E-state index contributed by atoms with van der Waals surface area (Å²) in [6.45, 7) is 1.43. The summed E-state index contributed by atoms with van der Waals surface area (Å²) >= 11 is 18.0. The summed E-state index contributed by atoms with van der Waals surface area (Å²) in [5, 5.41) is 10.7. The maximum absolute atomic E-state index is 12.1. The topological polar surface area (TPSA) is 65.5 Å². The summed E-state index contributed by atoms with van der Waals surface area (Å²) in [5.74, 6) is 0.385. The second-order valence-electron chi connectivity index (χ2n) is 5.32. The Kier molecular flexibility index (Phi) is 8.04. The second-order valence-corrected chi connectivity index (χ2v) is 6.57. The average Bonchev–Trinajstić information content (AvgIpc) is 2.62. The SMILES string of the molecule is CN=C(NCCNC(=O)c1ccccc1Cl)NCc1ccc(Cl)cc1Cl. The van der Waals surface area contributed by atoms with E-state index >= 15 is 0 Å². The summed E-state index contributed by atoms with van der Waals surface area (Å²) in [6.07, 6.45) is 0. The van der Waals surface area contributed by atoms with Gasteiger partial charge < -0.3 is 16.0 Å². The van der Waals surface area contributed by atoms with E-state index < -0.39 is 0 Å². The number of benzene rings is 2. The van der Waals surface area contributed by atoms with Gasteiger partial charge in [0.2, 0.25) is 0 Å². The Morgan fingerprint density at radius 2 is 1.69 bits per heavy atom. The molecule has 0 aliphatic heterocycles. The zero-order chi connectivity index (χ0) is 18.9. The molecule has 0 radical (unpaired) electrons. The van der Waals surface area contributed by atoms with Crippen LogP contribution < -0.4 is 16.0 Å². The van der Waals surface area contributed by atoms with E-state index in [1.54, 1.807) is 43.4 Å². The summed E-state index contributed by atoms with van der Waals surface area (Å²) in [5.41, 5.74) is 1.36. The number of rotatable bonds is 6. The molecular formula is C18H19Cl3N4O. The molecule has 0 aliphatic rings. The van der Waals surface area contributed by atoms with Gasteiger partial charge in [-0.1, -0.05) is 53.0 Å². The van der Waals surface area contributed by atoms with Crippen LogP contribution in [0.2, 0.25) is 15.1 Å². The lowest BCUT2D eigenvalue weighted by Gasteiger charge is -2.13. The van der Waals surface area contributed by atoms with Crippen molar-refractivity contribution in [2.45, 2.75) is 6.54 Å². The van der Waals surface area contributed by atoms with Gasteiger partial charge in [0, 0.05) is 36.7 Å². The number of nitrogens with zero attached hydrogens (tertiary/aromatic N) is 1. The quantitative estimate of drug-likeness (QED) is 0.384. The van der Waals surface area contributed by atoms with E-state index in [9.17, 15) is 4.79 Å². The van der Waals surface area contributed by atoms with Crippen molar-refractivity contribution in [2.75, 3.05) is 20.1 Å². The highest BCUT2D eigenvalue weighted by molar-refractivity contribution is 6.35. The van der Waals surface area contributed by atoms with Crippen LogP contribution in [0.25, 0.3) is 0 Å². The first-order valence-electron chi connectivity index (χ1n) is 7.92. The minimum absolute atomic E-state index is 0.215. The van der Waals surface area contributed by atoms with E-state index in [-0.39, 0.29) is 5.91 Å². The zero-order valence-corrected chi connectivity index (χ0v) is 16.4. The van der Waals surface area contributed by atoms with E-state index in [2.05, 4.69) is 20.9 Å². The third-order valence-electron chi connectivity index (χ3n) is 3.51. The van der Waals surface area contributed by atoms with Crippen molar-refractivity contribution in [1.29, 1.82) is 0 Å². The van der Waals surface area contributed by atoms with Crippen LogP contribution in [0.5, 0.6) is 0 Å². The number of hydrogen-bond donors (Lipinski definition) is 3. The highest BCUT2D eigenvalue weighted by atomic mass is 35.5. The standard InChI is InChI=1S/C18H19Cl3N4O/c1-22-18(25-11-12-6-7-13(19)10-16(12)21)24-9-8-23-17(26)14-4-2-3-5-15(14)20/h2-7,10H,8-9,11H2,1H3,(H,23,26)(H2,22,24,25). The van der Waals surface area contributed by atoms with Crippen LogP contribution in [0.1, 0.15) is 15.9 Å². The van der Waals surface area contributed by atoms with Gasteiger partial charge in [-0.2, -0.15) is 0 Å². The Hall–Kier alpha value is -1.95. The molecular weight excluding hydrogens is 395 g/mol. The maximum atomic E-state index is 12.1. The van der Waals surface area contributed by atoms with Gasteiger partial charge in [-0.05, 0) is 29.8 Å². The highest BCUT2D eigenvalue weighted by Crippen LogP contribution is 2.20. The number of guanidine groups is 1. The van der Waals surface area contributed by atoms with Crippen LogP contribution in [-0.4, -0.2) is 32.0 Å². The molecule has 0 aliphatic carbocycles. The molecule has 0 saturated heterocycles. The van der Waals surface area contributed by atoms with Gasteiger partial charge in [0.25, 0.3) is 5.91 Å². The molecule has 5 nitrogen and oxygen atoms in total. The second kappa shape index (κ2) is 10.3. The van der Waals surface area contributed by atoms with E-state index in [0.717, 1.165) is 5.56 Å². The van der Waals surface area contributed by atoms with Crippen molar-refractivity contribution >= 4 is 46.7 Å². The van der Waals surface area contributed by atoms with Gasteiger partial charge in [-0.3, -0.25) is 9.79 Å². The predicted octanol–water partition coefficient (Wildman–Crippen LogP) is 3.74. The van der Waals surface area contributed by atoms with Crippen molar-refractivity contribution in [1.82, 2.24) is 16.0 Å². The number of halogens is 3. The number of nitrogens with one attached hydrogen (secondary N) is 3. The first-order valence-corrected chi connectivity index (χ1v) is 9.06. The van der Waals surface area contributed by atoms with Gasteiger partial charge in [0.1, 0.15) is 0 Å². The molecule has 138 valence electrons. The molecule has 0 bridgehead atoms. The smallest absolute Gasteiger partial charge is 0.252 e. The van der Waals surface area contributed by atoms with Crippen molar-refractivity contribution in [3.8, 4) is 0 Å². The minimum atomic E-state index is -0.215. The molecule has 0 saturated carbocycles. The first kappa shape index (κ1) is 20.4. The molecule has 0 fully saturated rings. The molecule has 0 unspecified atom stereocenters. The molecule has 2 rings (SSSR count). The molecule has 0 heterocycles. The molecule has 3 N–H and O–H groups in total.